The van der Waals surface area contributed by atoms with Crippen LogP contribution in [0.25, 0.3) is 0 Å². The molecule has 1 fully saturated rings. The molecule has 2 aromatic rings. The van der Waals surface area contributed by atoms with Gasteiger partial charge in [0.15, 0.2) is 0 Å². The normalized spacial score (nSPS) is 22.6. The fourth-order valence-electron chi connectivity index (χ4n) is 3.58. The lowest BCUT2D eigenvalue weighted by Crippen LogP contribution is -2.40. The van der Waals surface area contributed by atoms with Gasteiger partial charge in [0.2, 0.25) is 0 Å². The van der Waals surface area contributed by atoms with Gasteiger partial charge in [0, 0.05) is 45.5 Å². The van der Waals surface area contributed by atoms with Crippen LogP contribution < -0.4 is 0 Å². The second-order valence-corrected chi connectivity index (χ2v) is 7.01. The largest absolute Gasteiger partial charge is 0.387 e. The molecular weight excluding hydrogens is 319 g/mol. The van der Waals surface area contributed by atoms with Crippen LogP contribution in [-0.4, -0.2) is 63.6 Å². The zero-order valence-corrected chi connectivity index (χ0v) is 14.9. The molecule has 0 amide bonds. The molecule has 0 spiro atoms. The van der Waals surface area contributed by atoms with Gasteiger partial charge in [-0.25, -0.2) is 4.39 Å². The molecule has 1 aromatic carbocycles. The SMILES string of the molecule is CN(CC(O)c1ccccc1)C[C@@H]1C[C@H](F)CN1Cc1ccnn1C. The van der Waals surface area contributed by atoms with Crippen molar-refractivity contribution in [1.82, 2.24) is 19.6 Å². The highest BCUT2D eigenvalue weighted by Crippen LogP contribution is 2.24. The summed E-state index contributed by atoms with van der Waals surface area (Å²) in [4.78, 5) is 4.28. The second kappa shape index (κ2) is 8.08. The van der Waals surface area contributed by atoms with E-state index in [4.69, 9.17) is 0 Å². The molecule has 1 unspecified atom stereocenters. The number of benzene rings is 1. The number of aromatic nitrogens is 2. The maximum absolute atomic E-state index is 14.0. The Bertz CT molecular complexity index is 662. The summed E-state index contributed by atoms with van der Waals surface area (Å²) in [6.45, 7) is 2.45. The molecule has 1 aliphatic rings. The standard InChI is InChI=1S/C19H27FN4O/c1-22(14-19(25)15-6-4-3-5-7-15)12-18-10-16(20)11-24(18)13-17-8-9-21-23(17)2/h3-9,16,18-19,25H,10-14H2,1-2H3/t16-,18-,19?/m0/s1. The molecule has 2 heterocycles. The van der Waals surface area contributed by atoms with Gasteiger partial charge < -0.3 is 10.0 Å². The van der Waals surface area contributed by atoms with Crippen LogP contribution in [0.2, 0.25) is 0 Å². The Balaban J connectivity index is 1.57. The van der Waals surface area contributed by atoms with Crippen molar-refractivity contribution in [2.24, 2.45) is 7.05 Å². The third kappa shape index (κ3) is 4.66. The molecule has 1 aromatic heterocycles. The van der Waals surface area contributed by atoms with Crippen LogP contribution in [0.15, 0.2) is 42.6 Å². The number of halogens is 1. The minimum atomic E-state index is -0.786. The quantitative estimate of drug-likeness (QED) is 0.833. The minimum Gasteiger partial charge on any atom is -0.387 e. The van der Waals surface area contributed by atoms with Crippen molar-refractivity contribution in [3.05, 3.63) is 53.9 Å². The van der Waals surface area contributed by atoms with E-state index in [9.17, 15) is 9.50 Å². The van der Waals surface area contributed by atoms with Gasteiger partial charge in [0.05, 0.1) is 11.8 Å². The Hall–Kier alpha value is -1.76. The molecule has 1 saturated heterocycles. The van der Waals surface area contributed by atoms with Gasteiger partial charge in [0.25, 0.3) is 0 Å². The second-order valence-electron chi connectivity index (χ2n) is 7.01. The Morgan fingerprint density at radius 2 is 2.08 bits per heavy atom. The number of rotatable bonds is 7. The summed E-state index contributed by atoms with van der Waals surface area (Å²) in [7, 11) is 3.90. The predicted molar refractivity (Wildman–Crippen MR) is 95.8 cm³/mol. The monoisotopic (exact) mass is 346 g/mol. The third-order valence-corrected chi connectivity index (χ3v) is 4.96. The summed E-state index contributed by atoms with van der Waals surface area (Å²) >= 11 is 0. The molecule has 1 aliphatic heterocycles. The summed E-state index contributed by atoms with van der Waals surface area (Å²) in [6, 6.07) is 11.8. The lowest BCUT2D eigenvalue weighted by molar-refractivity contribution is 0.106. The van der Waals surface area contributed by atoms with Gasteiger partial charge in [-0.2, -0.15) is 5.10 Å². The summed E-state index contributed by atoms with van der Waals surface area (Å²) < 4.78 is 15.8. The number of likely N-dealkylation sites (tertiary alicyclic amines) is 1. The van der Waals surface area contributed by atoms with Crippen LogP contribution in [0, 0.1) is 0 Å². The minimum absolute atomic E-state index is 0.151. The highest BCUT2D eigenvalue weighted by atomic mass is 19.1. The number of hydrogen-bond donors (Lipinski definition) is 1. The summed E-state index contributed by atoms with van der Waals surface area (Å²) in [5.74, 6) is 0. The number of alkyl halides is 1. The number of hydrogen-bond acceptors (Lipinski definition) is 4. The molecule has 3 atom stereocenters. The molecule has 136 valence electrons. The fraction of sp³-hybridized carbons (Fsp3) is 0.526. The van der Waals surface area contributed by atoms with E-state index in [1.807, 2.05) is 55.2 Å². The van der Waals surface area contributed by atoms with Crippen LogP contribution in [0.3, 0.4) is 0 Å². The first-order chi connectivity index (χ1) is 12.0. The van der Waals surface area contributed by atoms with Gasteiger partial charge in [-0.3, -0.25) is 9.58 Å². The van der Waals surface area contributed by atoms with E-state index in [2.05, 4.69) is 14.9 Å². The molecule has 0 radical (unpaired) electrons. The summed E-state index contributed by atoms with van der Waals surface area (Å²) in [5.41, 5.74) is 2.00. The molecule has 0 bridgehead atoms. The zero-order valence-electron chi connectivity index (χ0n) is 14.9. The van der Waals surface area contributed by atoms with E-state index in [1.165, 1.54) is 0 Å². The summed E-state index contributed by atoms with van der Waals surface area (Å²) in [5, 5.41) is 14.6. The van der Waals surface area contributed by atoms with Crippen molar-refractivity contribution >= 4 is 0 Å². The van der Waals surface area contributed by atoms with Gasteiger partial charge >= 0.3 is 0 Å². The molecule has 0 aliphatic carbocycles. The highest BCUT2D eigenvalue weighted by Gasteiger charge is 2.33. The number of aliphatic hydroxyl groups is 1. The lowest BCUT2D eigenvalue weighted by atomic mass is 10.1. The molecule has 5 nitrogen and oxygen atoms in total. The van der Waals surface area contributed by atoms with Crippen LogP contribution in [0.4, 0.5) is 4.39 Å². The average Bonchev–Trinajstić information content (AvgIpc) is 3.14. The maximum Gasteiger partial charge on any atom is 0.114 e. The number of nitrogens with zero attached hydrogens (tertiary/aromatic N) is 4. The number of aryl methyl sites for hydroxylation is 1. The van der Waals surface area contributed by atoms with E-state index >= 15 is 0 Å². The topological polar surface area (TPSA) is 44.5 Å². The molecule has 0 saturated carbocycles. The molecule has 6 heteroatoms. The fourth-order valence-corrected chi connectivity index (χ4v) is 3.58. The molecule has 25 heavy (non-hydrogen) atoms. The van der Waals surface area contributed by atoms with Crippen molar-refractivity contribution < 1.29 is 9.50 Å². The van der Waals surface area contributed by atoms with E-state index in [1.54, 1.807) is 6.20 Å². The van der Waals surface area contributed by atoms with Crippen LogP contribution in [0.1, 0.15) is 23.8 Å². The van der Waals surface area contributed by atoms with E-state index in [0.29, 0.717) is 26.1 Å². The highest BCUT2D eigenvalue weighted by molar-refractivity contribution is 5.17. The first-order valence-electron chi connectivity index (χ1n) is 8.79. The lowest BCUT2D eigenvalue weighted by Gasteiger charge is -2.29. The average molecular weight is 346 g/mol. The summed E-state index contributed by atoms with van der Waals surface area (Å²) in [6.07, 6.45) is 1.00. The van der Waals surface area contributed by atoms with E-state index < -0.39 is 12.3 Å². The van der Waals surface area contributed by atoms with Crippen molar-refractivity contribution in [3.63, 3.8) is 0 Å². The molecular formula is C19H27FN4O. The first kappa shape index (κ1) is 18.0. The molecule has 1 N–H and O–H groups in total. The van der Waals surface area contributed by atoms with Crippen LogP contribution >= 0.6 is 0 Å². The first-order valence-corrected chi connectivity index (χ1v) is 8.79. The van der Waals surface area contributed by atoms with Crippen molar-refractivity contribution in [2.75, 3.05) is 26.7 Å². The Kier molecular flexibility index (Phi) is 5.83. The van der Waals surface area contributed by atoms with Gasteiger partial charge in [-0.05, 0) is 25.1 Å². The van der Waals surface area contributed by atoms with E-state index in [-0.39, 0.29) is 6.04 Å². The third-order valence-electron chi connectivity index (χ3n) is 4.96. The molecule has 3 rings (SSSR count). The maximum atomic E-state index is 14.0. The van der Waals surface area contributed by atoms with Gasteiger partial charge in [0.1, 0.15) is 6.17 Å². The van der Waals surface area contributed by atoms with Crippen LogP contribution in [-0.2, 0) is 13.6 Å². The smallest absolute Gasteiger partial charge is 0.114 e. The van der Waals surface area contributed by atoms with E-state index in [0.717, 1.165) is 17.8 Å². The zero-order chi connectivity index (χ0) is 17.8. The Labute approximate surface area is 148 Å². The number of likely N-dealkylation sites (N-methyl/N-ethyl adjacent to an activating group) is 1. The Morgan fingerprint density at radius 3 is 2.76 bits per heavy atom. The van der Waals surface area contributed by atoms with Crippen molar-refractivity contribution in [2.45, 2.75) is 31.3 Å². The van der Waals surface area contributed by atoms with Crippen molar-refractivity contribution in [3.8, 4) is 0 Å². The number of aliphatic hydroxyl groups excluding tert-OH is 1. The van der Waals surface area contributed by atoms with Gasteiger partial charge in [-0.15, -0.1) is 0 Å². The predicted octanol–water partition coefficient (Wildman–Crippen LogP) is 2.00. The van der Waals surface area contributed by atoms with Crippen molar-refractivity contribution in [1.29, 1.82) is 0 Å². The Morgan fingerprint density at radius 1 is 1.32 bits per heavy atom. The van der Waals surface area contributed by atoms with Crippen LogP contribution in [0.5, 0.6) is 0 Å². The van der Waals surface area contributed by atoms with Gasteiger partial charge in [-0.1, -0.05) is 30.3 Å².